The number of para-hydroxylation sites is 1. The summed E-state index contributed by atoms with van der Waals surface area (Å²) in [5, 5.41) is 9.08. The first-order valence-corrected chi connectivity index (χ1v) is 15.8. The number of rotatable bonds is 14. The number of carbonyl (C=O) groups is 2. The van der Waals surface area contributed by atoms with Crippen molar-refractivity contribution >= 4 is 51.9 Å². The average molecular weight is 753 g/mol. The van der Waals surface area contributed by atoms with Crippen molar-refractivity contribution in [2.24, 2.45) is 4.99 Å². The number of aromatic nitrogens is 1. The molecule has 1 aliphatic heterocycles. The summed E-state index contributed by atoms with van der Waals surface area (Å²) in [6, 6.07) is 7.80. The van der Waals surface area contributed by atoms with E-state index in [0.29, 0.717) is 65.9 Å². The zero-order valence-electron chi connectivity index (χ0n) is 25.4. The summed E-state index contributed by atoms with van der Waals surface area (Å²) in [7, 11) is 3.02. The number of methoxy groups -OCH3 is 2. The van der Waals surface area contributed by atoms with Gasteiger partial charge >= 0.3 is 11.9 Å². The number of hydrogen-bond donors (Lipinski definition) is 1. The van der Waals surface area contributed by atoms with Crippen molar-refractivity contribution in [3.05, 3.63) is 76.0 Å². The molecule has 0 radical (unpaired) electrons. The Labute approximate surface area is 276 Å². The predicted octanol–water partition coefficient (Wildman–Crippen LogP) is 3.30. The lowest BCUT2D eigenvalue weighted by Crippen LogP contribution is -2.40. The number of hydrogen-bond acceptors (Lipinski definition) is 11. The van der Waals surface area contributed by atoms with E-state index in [4.69, 9.17) is 33.5 Å². The van der Waals surface area contributed by atoms with Crippen LogP contribution >= 0.6 is 33.9 Å². The summed E-state index contributed by atoms with van der Waals surface area (Å²) in [6.45, 7) is 5.66. The minimum Gasteiger partial charge on any atom is -0.493 e. The van der Waals surface area contributed by atoms with Gasteiger partial charge in [0, 0.05) is 12.7 Å². The molecule has 1 aromatic heterocycles. The zero-order valence-corrected chi connectivity index (χ0v) is 28.4. The average Bonchev–Trinajstić information content (AvgIpc) is 3.30. The first-order chi connectivity index (χ1) is 21.6. The van der Waals surface area contributed by atoms with Crippen LogP contribution in [-0.2, 0) is 19.1 Å². The lowest BCUT2D eigenvalue weighted by molar-refractivity contribution is -0.141. The molecule has 4 rings (SSSR count). The molecule has 0 unspecified atom stereocenters. The number of aliphatic carboxylic acids is 1. The summed E-state index contributed by atoms with van der Waals surface area (Å²) in [6.07, 6.45) is 1.69. The van der Waals surface area contributed by atoms with Gasteiger partial charge in [0.2, 0.25) is 0 Å². The fraction of sp³-hybridized carbons (Fsp3) is 0.355. The molecule has 0 spiro atoms. The van der Waals surface area contributed by atoms with Gasteiger partial charge in [-0.15, -0.1) is 0 Å². The van der Waals surface area contributed by atoms with Gasteiger partial charge in [-0.2, -0.15) is 0 Å². The normalized spacial score (nSPS) is 14.4. The molecule has 240 valence electrons. The summed E-state index contributed by atoms with van der Waals surface area (Å²) < 4.78 is 35.7. The van der Waals surface area contributed by atoms with E-state index < -0.39 is 24.6 Å². The van der Waals surface area contributed by atoms with Crippen molar-refractivity contribution in [1.29, 1.82) is 0 Å². The van der Waals surface area contributed by atoms with Gasteiger partial charge in [0.25, 0.3) is 5.56 Å². The molecule has 3 aromatic rings. The number of nitrogens with zero attached hydrogens (tertiary/aromatic N) is 2. The number of thiazole rings is 1. The van der Waals surface area contributed by atoms with Crippen LogP contribution in [0.2, 0.25) is 0 Å². The maximum atomic E-state index is 14.2. The Hall–Kier alpha value is -3.89. The highest BCUT2D eigenvalue weighted by atomic mass is 127. The molecule has 1 N–H and O–H groups in total. The summed E-state index contributed by atoms with van der Waals surface area (Å²) in [5.74, 6) is -0.267. The van der Waals surface area contributed by atoms with E-state index >= 15 is 0 Å². The third-order valence-electron chi connectivity index (χ3n) is 6.54. The van der Waals surface area contributed by atoms with Crippen LogP contribution < -0.4 is 33.8 Å². The molecule has 2 aromatic carbocycles. The predicted molar refractivity (Wildman–Crippen MR) is 174 cm³/mol. The standard InChI is InChI=1S/C31H33IN2O10S/c1-6-41-22-14-18(13-20(32)28(22)44-16-24(35)36)15-23-29(37)34-26(19-9-8-10-21(40-5)27(19)42-7-2)25(17(3)33-31(34)45-23)30(38)43-12-11-39-4/h8-10,13-15,26H,6-7,11-12,16H2,1-5H3,(H,35,36)/b23-15+/t26-/m0/s1. The number of allylic oxidation sites excluding steroid dienone is 1. The Balaban J connectivity index is 1.93. The van der Waals surface area contributed by atoms with Crippen LogP contribution in [0.1, 0.15) is 37.9 Å². The number of fused-ring (bicyclic) bond motifs is 1. The molecule has 45 heavy (non-hydrogen) atoms. The number of carboxylic acids is 1. The van der Waals surface area contributed by atoms with Gasteiger partial charge in [-0.1, -0.05) is 23.5 Å². The Morgan fingerprint density at radius 3 is 2.49 bits per heavy atom. The van der Waals surface area contributed by atoms with Crippen LogP contribution in [0.4, 0.5) is 0 Å². The maximum absolute atomic E-state index is 14.2. The first-order valence-electron chi connectivity index (χ1n) is 13.9. The lowest BCUT2D eigenvalue weighted by Gasteiger charge is -2.27. The first kappa shape index (κ1) is 34.0. The minimum absolute atomic E-state index is 0.0205. The summed E-state index contributed by atoms with van der Waals surface area (Å²) in [4.78, 5) is 43.8. The Kier molecular flexibility index (Phi) is 11.6. The smallest absolute Gasteiger partial charge is 0.341 e. The van der Waals surface area contributed by atoms with Crippen LogP contribution in [0.3, 0.4) is 0 Å². The van der Waals surface area contributed by atoms with Crippen LogP contribution in [-0.4, -0.2) is 68.9 Å². The number of carbonyl (C=O) groups excluding carboxylic acids is 1. The fourth-order valence-electron chi connectivity index (χ4n) is 4.74. The number of ether oxygens (including phenoxy) is 6. The van der Waals surface area contributed by atoms with Crippen molar-refractivity contribution in [2.45, 2.75) is 26.8 Å². The maximum Gasteiger partial charge on any atom is 0.341 e. The highest BCUT2D eigenvalue weighted by Crippen LogP contribution is 2.41. The monoisotopic (exact) mass is 752 g/mol. The van der Waals surface area contributed by atoms with E-state index in [0.717, 1.165) is 11.3 Å². The SMILES string of the molecule is CCOc1cc(/C=c2/sc3n(c2=O)[C@@H](c2cccc(OC)c2OCC)C(C(=O)OCCOC)=C(C)N=3)cc(I)c1OCC(=O)O. The molecule has 0 bridgehead atoms. The molecule has 2 heterocycles. The quantitative estimate of drug-likeness (QED) is 0.148. The Morgan fingerprint density at radius 1 is 1.07 bits per heavy atom. The van der Waals surface area contributed by atoms with Gasteiger partial charge in [0.15, 0.2) is 34.4 Å². The zero-order chi connectivity index (χ0) is 32.7. The van der Waals surface area contributed by atoms with Gasteiger partial charge in [0.1, 0.15) is 12.6 Å². The van der Waals surface area contributed by atoms with Crippen molar-refractivity contribution in [2.75, 3.05) is 47.3 Å². The molecule has 0 amide bonds. The molecular formula is C31H33IN2O10S. The largest absolute Gasteiger partial charge is 0.493 e. The molecule has 14 heteroatoms. The Morgan fingerprint density at radius 2 is 1.82 bits per heavy atom. The molecule has 1 aliphatic rings. The van der Waals surface area contributed by atoms with Crippen molar-refractivity contribution in [3.63, 3.8) is 0 Å². The van der Waals surface area contributed by atoms with E-state index in [2.05, 4.69) is 4.99 Å². The van der Waals surface area contributed by atoms with Crippen molar-refractivity contribution in [1.82, 2.24) is 4.57 Å². The summed E-state index contributed by atoms with van der Waals surface area (Å²) in [5.41, 5.74) is 1.35. The fourth-order valence-corrected chi connectivity index (χ4v) is 6.57. The van der Waals surface area contributed by atoms with E-state index in [-0.39, 0.29) is 24.3 Å². The molecular weight excluding hydrogens is 719 g/mol. The minimum atomic E-state index is -1.12. The van der Waals surface area contributed by atoms with E-state index in [1.165, 1.54) is 18.8 Å². The van der Waals surface area contributed by atoms with Crippen LogP contribution in [0.15, 0.2) is 51.4 Å². The van der Waals surface area contributed by atoms with Gasteiger partial charge in [-0.3, -0.25) is 9.36 Å². The van der Waals surface area contributed by atoms with E-state index in [1.807, 2.05) is 29.5 Å². The molecule has 1 atom stereocenters. The van der Waals surface area contributed by atoms with E-state index in [1.54, 1.807) is 50.3 Å². The number of benzene rings is 2. The number of halogens is 1. The van der Waals surface area contributed by atoms with Crippen molar-refractivity contribution in [3.8, 4) is 23.0 Å². The topological polar surface area (TPSA) is 144 Å². The third-order valence-corrected chi connectivity index (χ3v) is 8.33. The van der Waals surface area contributed by atoms with E-state index in [9.17, 15) is 14.4 Å². The van der Waals surface area contributed by atoms with Gasteiger partial charge < -0.3 is 33.5 Å². The second-order valence-corrected chi connectivity index (χ2v) is 11.6. The molecule has 0 fully saturated rings. The second-order valence-electron chi connectivity index (χ2n) is 9.47. The van der Waals surface area contributed by atoms with Gasteiger partial charge in [-0.05, 0) is 73.2 Å². The van der Waals surface area contributed by atoms with Crippen LogP contribution in [0, 0.1) is 3.57 Å². The molecule has 0 aliphatic carbocycles. The lowest BCUT2D eigenvalue weighted by atomic mass is 9.94. The van der Waals surface area contributed by atoms with Crippen molar-refractivity contribution < 1.29 is 43.1 Å². The molecule has 0 saturated heterocycles. The highest BCUT2D eigenvalue weighted by Gasteiger charge is 2.36. The summed E-state index contributed by atoms with van der Waals surface area (Å²) >= 11 is 3.20. The third kappa shape index (κ3) is 7.50. The number of carboxylic acid groups (broad SMARTS) is 1. The van der Waals surface area contributed by atoms with Crippen LogP contribution in [0.5, 0.6) is 23.0 Å². The second kappa shape index (κ2) is 15.4. The highest BCUT2D eigenvalue weighted by molar-refractivity contribution is 14.1. The van der Waals surface area contributed by atoms with Crippen LogP contribution in [0.25, 0.3) is 6.08 Å². The molecule has 0 saturated carbocycles. The number of esters is 1. The van der Waals surface area contributed by atoms with Gasteiger partial charge in [0.05, 0.1) is 46.3 Å². The Bertz CT molecular complexity index is 1800. The molecule has 12 nitrogen and oxygen atoms in total. The van der Waals surface area contributed by atoms with Gasteiger partial charge in [-0.25, -0.2) is 14.6 Å².